The number of pyridine rings is 1. The van der Waals surface area contributed by atoms with E-state index >= 15 is 0 Å². The number of aryl methyl sites for hydroxylation is 1. The second-order valence-corrected chi connectivity index (χ2v) is 5.35. The maximum atomic E-state index is 13.3. The lowest BCUT2D eigenvalue weighted by Gasteiger charge is -2.11. The zero-order chi connectivity index (χ0) is 18.4. The first kappa shape index (κ1) is 17.5. The van der Waals surface area contributed by atoms with E-state index in [0.717, 1.165) is 0 Å². The molecule has 0 aliphatic rings. The Bertz CT molecular complexity index is 883. The zero-order valence-corrected chi connectivity index (χ0v) is 14.1. The molecular formula is C18H17FN4O3. The Kier molecular flexibility index (Phi) is 5.52. The summed E-state index contributed by atoms with van der Waals surface area (Å²) in [4.78, 5) is 20.5. The molecular weight excluding hydrogens is 339 g/mol. The van der Waals surface area contributed by atoms with E-state index in [1.807, 2.05) is 6.07 Å². The highest BCUT2D eigenvalue weighted by molar-refractivity contribution is 5.92. The van der Waals surface area contributed by atoms with Gasteiger partial charge in [0.15, 0.2) is 0 Å². The van der Waals surface area contributed by atoms with Gasteiger partial charge < -0.3 is 14.6 Å². The molecule has 0 unspecified atom stereocenters. The van der Waals surface area contributed by atoms with Gasteiger partial charge >= 0.3 is 0 Å². The van der Waals surface area contributed by atoms with Crippen LogP contribution >= 0.6 is 0 Å². The van der Waals surface area contributed by atoms with Gasteiger partial charge in [-0.2, -0.15) is 4.98 Å². The third-order valence-corrected chi connectivity index (χ3v) is 3.45. The SMILES string of the molecule is CCOc1cc(F)ccc1NC(=O)CCc1nc(-c2ccccn2)no1. The van der Waals surface area contributed by atoms with Crippen LogP contribution in [0.3, 0.4) is 0 Å². The molecule has 7 nitrogen and oxygen atoms in total. The third-order valence-electron chi connectivity index (χ3n) is 3.45. The van der Waals surface area contributed by atoms with Gasteiger partial charge in [0.05, 0.1) is 12.3 Å². The quantitative estimate of drug-likeness (QED) is 0.699. The number of hydrogen-bond donors (Lipinski definition) is 1. The maximum absolute atomic E-state index is 13.3. The molecule has 3 aromatic rings. The molecule has 134 valence electrons. The van der Waals surface area contributed by atoms with Crippen molar-refractivity contribution in [2.75, 3.05) is 11.9 Å². The Labute approximate surface area is 149 Å². The van der Waals surface area contributed by atoms with E-state index in [4.69, 9.17) is 9.26 Å². The van der Waals surface area contributed by atoms with Crippen LogP contribution in [0.1, 0.15) is 19.2 Å². The van der Waals surface area contributed by atoms with Crippen molar-refractivity contribution in [2.45, 2.75) is 19.8 Å². The summed E-state index contributed by atoms with van der Waals surface area (Å²) in [6.07, 6.45) is 2.04. The molecule has 2 heterocycles. The summed E-state index contributed by atoms with van der Waals surface area (Å²) >= 11 is 0. The highest BCUT2D eigenvalue weighted by Gasteiger charge is 2.13. The molecule has 0 saturated carbocycles. The van der Waals surface area contributed by atoms with Crippen molar-refractivity contribution < 1.29 is 18.4 Å². The molecule has 0 atom stereocenters. The maximum Gasteiger partial charge on any atom is 0.227 e. The molecule has 0 spiro atoms. The van der Waals surface area contributed by atoms with Crippen LogP contribution in [-0.2, 0) is 11.2 Å². The molecule has 2 aromatic heterocycles. The third kappa shape index (κ3) is 4.41. The van der Waals surface area contributed by atoms with E-state index in [0.29, 0.717) is 29.7 Å². The standard InChI is InChI=1S/C18H17FN4O3/c1-2-25-15-11-12(19)6-7-13(15)21-16(24)8-9-17-22-18(23-26-17)14-5-3-4-10-20-14/h3-7,10-11H,2,8-9H2,1H3,(H,21,24). The molecule has 1 amide bonds. The van der Waals surface area contributed by atoms with Crippen LogP contribution in [-0.4, -0.2) is 27.6 Å². The summed E-state index contributed by atoms with van der Waals surface area (Å²) in [6, 6.07) is 9.34. The van der Waals surface area contributed by atoms with Crippen LogP contribution in [0, 0.1) is 5.82 Å². The second kappa shape index (κ2) is 8.19. The highest BCUT2D eigenvalue weighted by Crippen LogP contribution is 2.25. The number of benzene rings is 1. The molecule has 0 radical (unpaired) electrons. The van der Waals surface area contributed by atoms with Crippen molar-refractivity contribution in [3.8, 4) is 17.3 Å². The summed E-state index contributed by atoms with van der Waals surface area (Å²) in [5.41, 5.74) is 1.01. The number of aromatic nitrogens is 3. The predicted octanol–water partition coefficient (Wildman–Crippen LogP) is 3.24. The smallest absolute Gasteiger partial charge is 0.227 e. The van der Waals surface area contributed by atoms with Gasteiger partial charge in [-0.1, -0.05) is 11.2 Å². The Hall–Kier alpha value is -3.29. The van der Waals surface area contributed by atoms with E-state index in [-0.39, 0.29) is 24.5 Å². The van der Waals surface area contributed by atoms with Gasteiger partial charge in [-0.3, -0.25) is 9.78 Å². The van der Waals surface area contributed by atoms with E-state index in [1.54, 1.807) is 25.3 Å². The van der Waals surface area contributed by atoms with Gasteiger partial charge in [0.1, 0.15) is 17.3 Å². The number of hydrogen-bond acceptors (Lipinski definition) is 6. The lowest BCUT2D eigenvalue weighted by atomic mass is 10.2. The van der Waals surface area contributed by atoms with E-state index in [9.17, 15) is 9.18 Å². The topological polar surface area (TPSA) is 90.1 Å². The second-order valence-electron chi connectivity index (χ2n) is 5.35. The fourth-order valence-electron chi connectivity index (χ4n) is 2.26. The van der Waals surface area contributed by atoms with Gasteiger partial charge in [-0.05, 0) is 31.2 Å². The van der Waals surface area contributed by atoms with Crippen LogP contribution in [0.5, 0.6) is 5.75 Å². The van der Waals surface area contributed by atoms with Crippen LogP contribution in [0.25, 0.3) is 11.5 Å². The van der Waals surface area contributed by atoms with Crippen molar-refractivity contribution in [1.82, 2.24) is 15.1 Å². The predicted molar refractivity (Wildman–Crippen MR) is 92.0 cm³/mol. The van der Waals surface area contributed by atoms with Gasteiger partial charge in [-0.15, -0.1) is 0 Å². The number of anilines is 1. The number of halogens is 1. The van der Waals surface area contributed by atoms with Crippen LogP contribution in [0.15, 0.2) is 47.1 Å². The van der Waals surface area contributed by atoms with Crippen LogP contribution in [0.4, 0.5) is 10.1 Å². The number of nitrogens with one attached hydrogen (secondary N) is 1. The first-order valence-corrected chi connectivity index (χ1v) is 8.12. The van der Waals surface area contributed by atoms with E-state index in [1.165, 1.54) is 18.2 Å². The van der Waals surface area contributed by atoms with Gasteiger partial charge in [0, 0.05) is 25.1 Å². The van der Waals surface area contributed by atoms with Gasteiger partial charge in [-0.25, -0.2) is 4.39 Å². The lowest BCUT2D eigenvalue weighted by molar-refractivity contribution is -0.116. The molecule has 0 aliphatic carbocycles. The minimum atomic E-state index is -0.431. The first-order chi connectivity index (χ1) is 12.7. The number of carbonyl (C=O) groups excluding carboxylic acids is 1. The van der Waals surface area contributed by atoms with E-state index in [2.05, 4.69) is 20.4 Å². The summed E-state index contributed by atoms with van der Waals surface area (Å²) in [5, 5.41) is 6.55. The molecule has 3 rings (SSSR count). The Morgan fingerprint density at radius 2 is 2.19 bits per heavy atom. The number of rotatable bonds is 7. The summed E-state index contributed by atoms with van der Waals surface area (Å²) in [6.45, 7) is 2.15. The minimum Gasteiger partial charge on any atom is -0.492 e. The summed E-state index contributed by atoms with van der Waals surface area (Å²) < 4.78 is 23.8. The lowest BCUT2D eigenvalue weighted by Crippen LogP contribution is -2.13. The Morgan fingerprint density at radius 1 is 1.31 bits per heavy atom. The highest BCUT2D eigenvalue weighted by atomic mass is 19.1. The molecule has 0 aliphatic heterocycles. The molecule has 26 heavy (non-hydrogen) atoms. The molecule has 1 aromatic carbocycles. The fourth-order valence-corrected chi connectivity index (χ4v) is 2.26. The van der Waals surface area contributed by atoms with Crippen LogP contribution in [0.2, 0.25) is 0 Å². The first-order valence-electron chi connectivity index (χ1n) is 8.12. The average molecular weight is 356 g/mol. The molecule has 8 heteroatoms. The van der Waals surface area contributed by atoms with Crippen LogP contribution < -0.4 is 10.1 Å². The van der Waals surface area contributed by atoms with Gasteiger partial charge in [0.2, 0.25) is 17.6 Å². The monoisotopic (exact) mass is 356 g/mol. The Balaban J connectivity index is 1.59. The number of ether oxygens (including phenoxy) is 1. The van der Waals surface area contributed by atoms with Crippen molar-refractivity contribution in [1.29, 1.82) is 0 Å². The number of nitrogens with zero attached hydrogens (tertiary/aromatic N) is 3. The number of amides is 1. The average Bonchev–Trinajstić information content (AvgIpc) is 3.12. The molecule has 0 fully saturated rings. The minimum absolute atomic E-state index is 0.132. The number of carbonyl (C=O) groups is 1. The van der Waals surface area contributed by atoms with Crippen molar-refractivity contribution in [3.05, 3.63) is 54.3 Å². The summed E-state index contributed by atoms with van der Waals surface area (Å²) in [5.74, 6) is 0.300. The van der Waals surface area contributed by atoms with Crippen molar-refractivity contribution in [3.63, 3.8) is 0 Å². The fraction of sp³-hybridized carbons (Fsp3) is 0.222. The Morgan fingerprint density at radius 3 is 2.96 bits per heavy atom. The van der Waals surface area contributed by atoms with Crippen molar-refractivity contribution >= 4 is 11.6 Å². The molecule has 1 N–H and O–H groups in total. The summed E-state index contributed by atoms with van der Waals surface area (Å²) in [7, 11) is 0. The van der Waals surface area contributed by atoms with Crippen molar-refractivity contribution in [2.24, 2.45) is 0 Å². The normalized spacial score (nSPS) is 10.5. The zero-order valence-electron chi connectivity index (χ0n) is 14.1. The molecule has 0 saturated heterocycles. The molecule has 0 bridgehead atoms. The van der Waals surface area contributed by atoms with E-state index < -0.39 is 5.82 Å². The largest absolute Gasteiger partial charge is 0.492 e. The van der Waals surface area contributed by atoms with Gasteiger partial charge in [0.25, 0.3) is 0 Å².